The molecule has 0 bridgehead atoms. The van der Waals surface area contributed by atoms with E-state index in [1.807, 2.05) is 73.3 Å². The lowest BCUT2D eigenvalue weighted by molar-refractivity contribution is 0.630. The molecular formula is C25H23Br2N3O. The third-order valence-corrected chi connectivity index (χ3v) is 6.47. The van der Waals surface area contributed by atoms with Gasteiger partial charge in [-0.05, 0) is 54.4 Å². The van der Waals surface area contributed by atoms with E-state index in [2.05, 4.69) is 61.0 Å². The number of benzene rings is 3. The van der Waals surface area contributed by atoms with Gasteiger partial charge in [0.05, 0.1) is 11.4 Å². The summed E-state index contributed by atoms with van der Waals surface area (Å²) in [6.45, 7) is 3.28. The summed E-state index contributed by atoms with van der Waals surface area (Å²) in [6, 6.07) is 26.3. The maximum atomic E-state index is 13.6. The first-order chi connectivity index (χ1) is 14.9. The van der Waals surface area contributed by atoms with E-state index in [-0.39, 0.29) is 5.56 Å². The molecule has 0 radical (unpaired) electrons. The van der Waals surface area contributed by atoms with Crippen LogP contribution in [0.3, 0.4) is 0 Å². The molecule has 31 heavy (non-hydrogen) atoms. The van der Waals surface area contributed by atoms with E-state index in [4.69, 9.17) is 0 Å². The lowest BCUT2D eigenvalue weighted by Gasteiger charge is -2.24. The molecule has 3 aromatic carbocycles. The van der Waals surface area contributed by atoms with E-state index >= 15 is 0 Å². The van der Waals surface area contributed by atoms with Crippen LogP contribution in [0.5, 0.6) is 0 Å². The van der Waals surface area contributed by atoms with Crippen LogP contribution in [-0.2, 0) is 20.1 Å². The number of aromatic nitrogens is 2. The summed E-state index contributed by atoms with van der Waals surface area (Å²) in [5.41, 5.74) is 4.79. The van der Waals surface area contributed by atoms with Crippen molar-refractivity contribution in [3.05, 3.63) is 115 Å². The van der Waals surface area contributed by atoms with Gasteiger partial charge in [-0.25, -0.2) is 4.68 Å². The highest BCUT2D eigenvalue weighted by Crippen LogP contribution is 2.24. The van der Waals surface area contributed by atoms with E-state index in [0.717, 1.165) is 37.1 Å². The average Bonchev–Trinajstić information content (AvgIpc) is 2.99. The molecule has 0 saturated heterocycles. The molecule has 6 heteroatoms. The van der Waals surface area contributed by atoms with Crippen LogP contribution in [0.15, 0.2) is 92.6 Å². The third kappa shape index (κ3) is 4.70. The van der Waals surface area contributed by atoms with Crippen LogP contribution >= 0.6 is 31.9 Å². The zero-order valence-electron chi connectivity index (χ0n) is 17.4. The highest BCUT2D eigenvalue weighted by Gasteiger charge is 2.22. The van der Waals surface area contributed by atoms with Crippen molar-refractivity contribution in [3.8, 4) is 5.69 Å². The second kappa shape index (κ2) is 9.28. The number of anilines is 1. The fraction of sp³-hybridized carbons (Fsp3) is 0.160. The first kappa shape index (κ1) is 21.7. The van der Waals surface area contributed by atoms with E-state index in [9.17, 15) is 4.79 Å². The maximum Gasteiger partial charge on any atom is 0.295 e. The lowest BCUT2D eigenvalue weighted by Crippen LogP contribution is -2.29. The first-order valence-corrected chi connectivity index (χ1v) is 11.6. The van der Waals surface area contributed by atoms with Crippen molar-refractivity contribution in [1.82, 2.24) is 9.36 Å². The molecule has 0 fully saturated rings. The molecule has 0 aliphatic carbocycles. The molecule has 0 N–H and O–H groups in total. The van der Waals surface area contributed by atoms with Gasteiger partial charge in [-0.3, -0.25) is 9.48 Å². The first-order valence-electron chi connectivity index (χ1n) is 10.0. The number of nitrogens with zero attached hydrogens (tertiary/aromatic N) is 3. The Bertz CT molecular complexity index is 1180. The second-order valence-electron chi connectivity index (χ2n) is 7.52. The van der Waals surface area contributed by atoms with Gasteiger partial charge in [0.15, 0.2) is 0 Å². The van der Waals surface area contributed by atoms with Gasteiger partial charge in [0.25, 0.3) is 5.56 Å². The largest absolute Gasteiger partial charge is 0.357 e. The van der Waals surface area contributed by atoms with Crippen molar-refractivity contribution in [2.75, 3.05) is 4.90 Å². The summed E-state index contributed by atoms with van der Waals surface area (Å²) in [6.07, 6.45) is 0. The van der Waals surface area contributed by atoms with Gasteiger partial charge >= 0.3 is 0 Å². The molecule has 4 nitrogen and oxygen atoms in total. The number of halogens is 2. The molecule has 1 heterocycles. The molecule has 158 valence electrons. The number of rotatable bonds is 6. The maximum absolute atomic E-state index is 13.6. The minimum absolute atomic E-state index is 0.0135. The van der Waals surface area contributed by atoms with E-state index in [1.165, 1.54) is 0 Å². The summed E-state index contributed by atoms with van der Waals surface area (Å²) < 4.78 is 5.75. The van der Waals surface area contributed by atoms with Gasteiger partial charge in [-0.15, -0.1) is 0 Å². The fourth-order valence-corrected chi connectivity index (χ4v) is 4.28. The quantitative estimate of drug-likeness (QED) is 0.291. The Hall–Kier alpha value is -2.57. The molecular weight excluding hydrogens is 518 g/mol. The van der Waals surface area contributed by atoms with Crippen LogP contribution in [0.4, 0.5) is 5.69 Å². The van der Waals surface area contributed by atoms with Crippen LogP contribution in [-0.4, -0.2) is 9.36 Å². The van der Waals surface area contributed by atoms with Crippen molar-refractivity contribution in [1.29, 1.82) is 0 Å². The average molecular weight is 541 g/mol. The topological polar surface area (TPSA) is 30.2 Å². The zero-order chi connectivity index (χ0) is 22.0. The minimum atomic E-state index is -0.0135. The van der Waals surface area contributed by atoms with Crippen molar-refractivity contribution in [3.63, 3.8) is 0 Å². The monoisotopic (exact) mass is 539 g/mol. The lowest BCUT2D eigenvalue weighted by atomic mass is 10.1. The molecule has 0 aliphatic heterocycles. The number of hydrogen-bond acceptors (Lipinski definition) is 2. The zero-order valence-corrected chi connectivity index (χ0v) is 20.6. The Labute approximate surface area is 199 Å². The molecule has 0 aliphatic rings. The van der Waals surface area contributed by atoms with E-state index in [0.29, 0.717) is 13.1 Å². The van der Waals surface area contributed by atoms with Crippen molar-refractivity contribution in [2.24, 2.45) is 7.05 Å². The van der Waals surface area contributed by atoms with Gasteiger partial charge < -0.3 is 4.90 Å². The van der Waals surface area contributed by atoms with Gasteiger partial charge in [-0.1, -0.05) is 74.3 Å². The molecule has 0 atom stereocenters. The normalized spacial score (nSPS) is 11.0. The molecule has 0 spiro atoms. The Kier molecular flexibility index (Phi) is 6.49. The van der Waals surface area contributed by atoms with E-state index in [1.54, 1.807) is 4.68 Å². The van der Waals surface area contributed by atoms with Crippen LogP contribution in [0, 0.1) is 6.92 Å². The summed E-state index contributed by atoms with van der Waals surface area (Å²) >= 11 is 7.01. The summed E-state index contributed by atoms with van der Waals surface area (Å²) in [5.74, 6) is 0. The highest BCUT2D eigenvalue weighted by molar-refractivity contribution is 9.10. The number of para-hydroxylation sites is 1. The van der Waals surface area contributed by atoms with Gasteiger partial charge in [0.2, 0.25) is 0 Å². The Morgan fingerprint density at radius 2 is 1.26 bits per heavy atom. The standard InChI is InChI=1S/C25H23Br2N3O/c1-18-24(25(31)30(28(18)2)23-6-4-3-5-7-23)29(16-19-8-12-21(26)13-9-19)17-20-10-14-22(27)15-11-20/h3-15H,16-17H2,1-2H3. The third-order valence-electron chi connectivity index (χ3n) is 5.41. The minimum Gasteiger partial charge on any atom is -0.357 e. The Morgan fingerprint density at radius 3 is 1.74 bits per heavy atom. The Balaban J connectivity index is 1.80. The van der Waals surface area contributed by atoms with Crippen molar-refractivity contribution < 1.29 is 0 Å². The smallest absolute Gasteiger partial charge is 0.295 e. The van der Waals surface area contributed by atoms with Gasteiger partial charge in [0.1, 0.15) is 5.69 Å². The SMILES string of the molecule is Cc1c(N(Cc2ccc(Br)cc2)Cc2ccc(Br)cc2)c(=O)n(-c2ccccc2)n1C. The summed E-state index contributed by atoms with van der Waals surface area (Å²) in [4.78, 5) is 15.8. The van der Waals surface area contributed by atoms with Crippen LogP contribution in [0.1, 0.15) is 16.8 Å². The van der Waals surface area contributed by atoms with Crippen LogP contribution in [0.2, 0.25) is 0 Å². The molecule has 0 unspecified atom stereocenters. The predicted octanol–water partition coefficient (Wildman–Crippen LogP) is 6.22. The van der Waals surface area contributed by atoms with E-state index < -0.39 is 0 Å². The van der Waals surface area contributed by atoms with Crippen LogP contribution in [0.25, 0.3) is 5.69 Å². The van der Waals surface area contributed by atoms with Gasteiger partial charge in [-0.2, -0.15) is 0 Å². The van der Waals surface area contributed by atoms with Crippen LogP contribution < -0.4 is 10.5 Å². The summed E-state index contributed by atoms with van der Waals surface area (Å²) in [5, 5.41) is 0. The van der Waals surface area contributed by atoms with Crippen molar-refractivity contribution in [2.45, 2.75) is 20.0 Å². The molecule has 0 saturated carbocycles. The molecule has 4 rings (SSSR count). The molecule has 4 aromatic rings. The Morgan fingerprint density at radius 1 is 0.774 bits per heavy atom. The fourth-order valence-electron chi connectivity index (χ4n) is 3.75. The molecule has 0 amide bonds. The summed E-state index contributed by atoms with van der Waals surface area (Å²) in [7, 11) is 1.94. The van der Waals surface area contributed by atoms with Gasteiger partial charge in [0, 0.05) is 29.1 Å². The predicted molar refractivity (Wildman–Crippen MR) is 134 cm³/mol. The van der Waals surface area contributed by atoms with Crippen molar-refractivity contribution >= 4 is 37.5 Å². The molecule has 1 aromatic heterocycles. The number of hydrogen-bond donors (Lipinski definition) is 0. The second-order valence-corrected chi connectivity index (χ2v) is 9.35. The highest BCUT2D eigenvalue weighted by atomic mass is 79.9.